The van der Waals surface area contributed by atoms with E-state index in [9.17, 15) is 8.42 Å². The molecule has 1 aromatic heterocycles. The summed E-state index contributed by atoms with van der Waals surface area (Å²) in [6.07, 6.45) is 2.88. The molecule has 8 heteroatoms. The third-order valence-electron chi connectivity index (χ3n) is 3.37. The lowest BCUT2D eigenvalue weighted by molar-refractivity contribution is 0.0249. The van der Waals surface area contributed by atoms with Gasteiger partial charge in [-0.3, -0.25) is 19.5 Å². The number of aromatic nitrogens is 1. The molecular weight excluding hydrogens is 396 g/mol. The van der Waals surface area contributed by atoms with Crippen molar-refractivity contribution in [2.45, 2.75) is 17.9 Å². The number of nitrogens with one attached hydrogen (secondary N) is 1. The van der Waals surface area contributed by atoms with E-state index in [1.165, 1.54) is 12.1 Å². The van der Waals surface area contributed by atoms with Crippen LogP contribution < -0.4 is 5.48 Å². The summed E-state index contributed by atoms with van der Waals surface area (Å²) in [4.78, 5) is 9.68. The normalized spacial score (nSPS) is 17.4. The molecule has 1 unspecified atom stereocenters. The molecule has 126 valence electrons. The van der Waals surface area contributed by atoms with Gasteiger partial charge in [0.2, 0.25) is 0 Å². The molecule has 1 atom stereocenters. The van der Waals surface area contributed by atoms with Gasteiger partial charge in [0.15, 0.2) is 0 Å². The molecule has 0 amide bonds. The smallest absolute Gasteiger partial charge is 0.266 e. The second-order valence-electron chi connectivity index (χ2n) is 5.25. The molecule has 0 saturated carbocycles. The molecule has 2 aromatic rings. The average molecular weight is 411 g/mol. The molecule has 3 rings (SSSR count). The Morgan fingerprint density at radius 2 is 2.00 bits per heavy atom. The van der Waals surface area contributed by atoms with Crippen LogP contribution in [0.5, 0.6) is 0 Å². The summed E-state index contributed by atoms with van der Waals surface area (Å²) in [6, 6.07) is 10.2. The minimum atomic E-state index is -3.81. The van der Waals surface area contributed by atoms with Crippen molar-refractivity contribution >= 4 is 31.7 Å². The highest BCUT2D eigenvalue weighted by Crippen LogP contribution is 2.20. The first-order valence-corrected chi connectivity index (χ1v) is 9.36. The van der Waals surface area contributed by atoms with Gasteiger partial charge in [0.1, 0.15) is 6.10 Å². The summed E-state index contributed by atoms with van der Waals surface area (Å²) in [5.41, 5.74) is 5.08. The maximum atomic E-state index is 12.2. The predicted octanol–water partition coefficient (Wildman–Crippen LogP) is 2.80. The number of hydrogen-bond donors (Lipinski definition) is 1. The van der Waals surface area contributed by atoms with E-state index in [0.29, 0.717) is 11.4 Å². The van der Waals surface area contributed by atoms with Gasteiger partial charge < -0.3 is 0 Å². The van der Waals surface area contributed by atoms with Crippen molar-refractivity contribution < 1.29 is 17.4 Å². The average Bonchev–Trinajstić information content (AvgIpc) is 3.03. The first kappa shape index (κ1) is 17.1. The van der Waals surface area contributed by atoms with Crippen molar-refractivity contribution in [3.63, 3.8) is 0 Å². The number of halogens is 1. The zero-order valence-corrected chi connectivity index (χ0v) is 15.2. The first-order valence-electron chi connectivity index (χ1n) is 7.15. The molecule has 2 heterocycles. The fourth-order valence-electron chi connectivity index (χ4n) is 2.08. The van der Waals surface area contributed by atoms with Gasteiger partial charge in [0.25, 0.3) is 10.1 Å². The number of hydrogen-bond acceptors (Lipinski definition) is 6. The molecule has 0 saturated heterocycles. The van der Waals surface area contributed by atoms with Crippen molar-refractivity contribution in [1.29, 1.82) is 0 Å². The van der Waals surface area contributed by atoms with E-state index >= 15 is 0 Å². The van der Waals surface area contributed by atoms with Gasteiger partial charge in [-0.1, -0.05) is 17.7 Å². The standard InChI is InChI=1S/C16H15BrN2O4S/c1-11-2-5-14(6-3-11)24(20,21)22-10-13-8-16(19-23-13)15-7-4-12(17)9-18-15/h2-9,13,19H,10H2,1H3. The van der Waals surface area contributed by atoms with Crippen LogP contribution in [0.25, 0.3) is 5.70 Å². The van der Waals surface area contributed by atoms with Crippen LogP contribution in [0, 0.1) is 6.92 Å². The molecule has 0 spiro atoms. The second kappa shape index (κ2) is 7.02. The first-order chi connectivity index (χ1) is 11.4. The quantitative estimate of drug-likeness (QED) is 0.763. The number of benzene rings is 1. The number of rotatable bonds is 5. The molecule has 0 fully saturated rings. The van der Waals surface area contributed by atoms with Crippen molar-refractivity contribution in [3.05, 3.63) is 64.4 Å². The summed E-state index contributed by atoms with van der Waals surface area (Å²) >= 11 is 3.32. The topological polar surface area (TPSA) is 77.5 Å². The summed E-state index contributed by atoms with van der Waals surface area (Å²) in [5, 5.41) is 0. The lowest BCUT2D eigenvalue weighted by Gasteiger charge is -2.09. The van der Waals surface area contributed by atoms with Crippen LogP contribution in [0.3, 0.4) is 0 Å². The molecular formula is C16H15BrN2O4S. The number of aryl methyl sites for hydroxylation is 1. The molecule has 24 heavy (non-hydrogen) atoms. The maximum absolute atomic E-state index is 12.2. The zero-order chi connectivity index (χ0) is 17.2. The minimum absolute atomic E-state index is 0.122. The minimum Gasteiger partial charge on any atom is -0.266 e. The summed E-state index contributed by atoms with van der Waals surface area (Å²) < 4.78 is 30.3. The Labute approximate surface area is 148 Å². The summed E-state index contributed by atoms with van der Waals surface area (Å²) in [7, 11) is -3.81. The van der Waals surface area contributed by atoms with Crippen LogP contribution in [0.4, 0.5) is 0 Å². The Morgan fingerprint density at radius 1 is 1.25 bits per heavy atom. The van der Waals surface area contributed by atoms with Crippen molar-refractivity contribution in [2.75, 3.05) is 6.61 Å². The van der Waals surface area contributed by atoms with E-state index in [2.05, 4.69) is 26.4 Å². The van der Waals surface area contributed by atoms with Crippen LogP contribution in [-0.2, 0) is 19.1 Å². The third-order valence-corrected chi connectivity index (χ3v) is 5.14. The Kier molecular flexibility index (Phi) is 5.00. The molecule has 0 aliphatic carbocycles. The molecule has 1 aromatic carbocycles. The zero-order valence-electron chi connectivity index (χ0n) is 12.8. The van der Waals surface area contributed by atoms with Gasteiger partial charge in [-0.15, -0.1) is 0 Å². The number of pyridine rings is 1. The Hall–Kier alpha value is -1.74. The fraction of sp³-hybridized carbons (Fsp3) is 0.188. The predicted molar refractivity (Wildman–Crippen MR) is 92.2 cm³/mol. The highest BCUT2D eigenvalue weighted by molar-refractivity contribution is 9.10. The van der Waals surface area contributed by atoms with Gasteiger partial charge in [0.05, 0.1) is 22.9 Å². The van der Waals surface area contributed by atoms with Crippen LogP contribution in [0.2, 0.25) is 0 Å². The highest BCUT2D eigenvalue weighted by atomic mass is 79.9. The molecule has 6 nitrogen and oxygen atoms in total. The van der Waals surface area contributed by atoms with E-state index < -0.39 is 16.2 Å². The van der Waals surface area contributed by atoms with E-state index in [0.717, 1.165) is 10.0 Å². The SMILES string of the molecule is Cc1ccc(S(=O)(=O)OCC2C=C(c3ccc(Br)cn3)NO2)cc1. The van der Waals surface area contributed by atoms with Crippen molar-refractivity contribution in [3.8, 4) is 0 Å². The number of nitrogens with zero attached hydrogens (tertiary/aromatic N) is 1. The maximum Gasteiger partial charge on any atom is 0.297 e. The molecule has 1 N–H and O–H groups in total. The van der Waals surface area contributed by atoms with Gasteiger partial charge in [-0.2, -0.15) is 8.42 Å². The second-order valence-corrected chi connectivity index (χ2v) is 7.78. The Bertz CT molecular complexity index is 849. The monoisotopic (exact) mass is 410 g/mol. The van der Waals surface area contributed by atoms with Gasteiger partial charge in [-0.05, 0) is 53.2 Å². The van der Waals surface area contributed by atoms with Crippen LogP contribution in [0.15, 0.2) is 58.0 Å². The Morgan fingerprint density at radius 3 is 2.67 bits per heavy atom. The van der Waals surface area contributed by atoms with Crippen LogP contribution >= 0.6 is 15.9 Å². The molecule has 1 aliphatic rings. The summed E-state index contributed by atoms with van der Waals surface area (Å²) in [5.74, 6) is 0. The molecule has 0 bridgehead atoms. The lowest BCUT2D eigenvalue weighted by Crippen LogP contribution is -2.20. The lowest BCUT2D eigenvalue weighted by atomic mass is 10.2. The van der Waals surface area contributed by atoms with E-state index in [1.807, 2.05) is 19.1 Å². The third kappa shape index (κ3) is 4.02. The highest BCUT2D eigenvalue weighted by Gasteiger charge is 2.22. The molecule has 0 radical (unpaired) electrons. The van der Waals surface area contributed by atoms with E-state index in [4.69, 9.17) is 9.02 Å². The molecule has 1 aliphatic heterocycles. The van der Waals surface area contributed by atoms with Crippen LogP contribution in [0.1, 0.15) is 11.3 Å². The largest absolute Gasteiger partial charge is 0.297 e. The fourth-order valence-corrected chi connectivity index (χ4v) is 3.23. The van der Waals surface area contributed by atoms with Crippen molar-refractivity contribution in [2.24, 2.45) is 0 Å². The van der Waals surface area contributed by atoms with E-state index in [-0.39, 0.29) is 11.5 Å². The van der Waals surface area contributed by atoms with Crippen molar-refractivity contribution in [1.82, 2.24) is 10.5 Å². The van der Waals surface area contributed by atoms with E-state index in [1.54, 1.807) is 24.4 Å². The van der Waals surface area contributed by atoms with Gasteiger partial charge >= 0.3 is 0 Å². The summed E-state index contributed by atoms with van der Waals surface area (Å²) in [6.45, 7) is 1.76. The number of hydroxylamine groups is 1. The van der Waals surface area contributed by atoms with Gasteiger partial charge in [-0.25, -0.2) is 0 Å². The van der Waals surface area contributed by atoms with Crippen LogP contribution in [-0.4, -0.2) is 26.1 Å². The Balaban J connectivity index is 1.65. The van der Waals surface area contributed by atoms with Gasteiger partial charge in [0, 0.05) is 10.7 Å².